The summed E-state index contributed by atoms with van der Waals surface area (Å²) >= 11 is 4.66. The van der Waals surface area contributed by atoms with E-state index in [1.54, 1.807) is 0 Å². The highest BCUT2D eigenvalue weighted by Crippen LogP contribution is 2.58. The summed E-state index contributed by atoms with van der Waals surface area (Å²) in [4.78, 5) is 5.85. The minimum absolute atomic E-state index is 0.276. The number of anilines is 2. The molecule has 3 aliphatic carbocycles. The van der Waals surface area contributed by atoms with Crippen LogP contribution in [0.3, 0.4) is 0 Å². The Morgan fingerprint density at radius 2 is 0.779 bits per heavy atom. The fraction of sp³-hybridized carbons (Fsp3) is 0.400. The maximum atomic E-state index is 16.3. The van der Waals surface area contributed by atoms with E-state index < -0.39 is 14.3 Å². The van der Waals surface area contributed by atoms with Gasteiger partial charge in [0.15, 0.2) is 14.3 Å². The summed E-state index contributed by atoms with van der Waals surface area (Å²) in [6, 6.07) is 54.1. The molecule has 0 spiro atoms. The molecule has 7 aliphatic rings. The first-order valence-corrected chi connectivity index (χ1v) is 31.0. The second-order valence-electron chi connectivity index (χ2n) is 22.1. The lowest BCUT2D eigenvalue weighted by molar-refractivity contribution is 0.287. The molecule has 4 heterocycles. The van der Waals surface area contributed by atoms with E-state index in [0.29, 0.717) is 45.2 Å². The molecule has 6 aromatic rings. The molecular weight excluding hydrogens is 907 g/mol. The minimum Gasteiger partial charge on any atom is -0.363 e. The van der Waals surface area contributed by atoms with Crippen LogP contribution in [0.1, 0.15) is 114 Å². The fourth-order valence-corrected chi connectivity index (χ4v) is 25.3. The van der Waals surface area contributed by atoms with Crippen LogP contribution in [0.15, 0.2) is 146 Å². The van der Waals surface area contributed by atoms with Gasteiger partial charge in [-0.05, 0) is 85.0 Å². The molecule has 4 nitrogen and oxygen atoms in total. The Balaban J connectivity index is 0.923. The minimum atomic E-state index is -3.19. The van der Waals surface area contributed by atoms with E-state index in [2.05, 4.69) is 194 Å². The topological polar surface area (TPSA) is 40.6 Å². The van der Waals surface area contributed by atoms with Crippen molar-refractivity contribution in [2.24, 2.45) is 0 Å². The molecule has 8 heteroatoms. The van der Waals surface area contributed by atoms with Crippen LogP contribution in [0.5, 0.6) is 0 Å². The molecular formula is C60H64N2O2P2S2. The van der Waals surface area contributed by atoms with Crippen molar-refractivity contribution in [1.82, 2.24) is 0 Å². The van der Waals surface area contributed by atoms with Gasteiger partial charge in [0.25, 0.3) is 0 Å². The summed E-state index contributed by atoms with van der Waals surface area (Å²) in [6.45, 7) is 9.33. The Labute approximate surface area is 413 Å². The summed E-state index contributed by atoms with van der Waals surface area (Å²) in [5, 5.41) is 8.04. The van der Waals surface area contributed by atoms with Gasteiger partial charge >= 0.3 is 0 Å². The quantitative estimate of drug-likeness (QED) is 0.164. The Hall–Kier alpha value is -3.92. The van der Waals surface area contributed by atoms with E-state index in [-0.39, 0.29) is 10.8 Å². The van der Waals surface area contributed by atoms with Gasteiger partial charge in [-0.25, -0.2) is 0 Å². The van der Waals surface area contributed by atoms with Gasteiger partial charge in [0.05, 0.1) is 0 Å². The van der Waals surface area contributed by atoms with Crippen LogP contribution in [0.4, 0.5) is 11.4 Å². The predicted molar refractivity (Wildman–Crippen MR) is 293 cm³/mol. The smallest absolute Gasteiger partial charge is 0.171 e. The number of hydrogen-bond acceptors (Lipinski definition) is 6. The van der Waals surface area contributed by atoms with Crippen molar-refractivity contribution < 1.29 is 9.13 Å². The van der Waals surface area contributed by atoms with E-state index in [4.69, 9.17) is 0 Å². The van der Waals surface area contributed by atoms with Crippen LogP contribution >= 0.6 is 37.8 Å². The van der Waals surface area contributed by atoms with Crippen LogP contribution in [0.25, 0.3) is 0 Å². The molecule has 0 N–H and O–H groups in total. The van der Waals surface area contributed by atoms with Crippen molar-refractivity contribution in [1.29, 1.82) is 0 Å². The maximum absolute atomic E-state index is 16.3. The zero-order valence-electron chi connectivity index (χ0n) is 40.0. The summed E-state index contributed by atoms with van der Waals surface area (Å²) < 4.78 is 32.6. The zero-order chi connectivity index (χ0) is 46.2. The summed E-state index contributed by atoms with van der Waals surface area (Å²) in [5.74, 6) is 0. The van der Waals surface area contributed by atoms with Gasteiger partial charge in [-0.15, -0.1) is 0 Å². The second kappa shape index (κ2) is 16.3. The third kappa shape index (κ3) is 6.41. The Bertz CT molecular complexity index is 2840. The fourth-order valence-electron chi connectivity index (χ4n) is 14.7. The van der Waals surface area contributed by atoms with Crippen molar-refractivity contribution in [2.45, 2.75) is 148 Å². The van der Waals surface area contributed by atoms with E-state index >= 15 is 9.13 Å². The normalized spacial score (nSPS) is 32.7. The van der Waals surface area contributed by atoms with Gasteiger partial charge in [0.1, 0.15) is 0 Å². The van der Waals surface area contributed by atoms with Crippen molar-refractivity contribution in [3.8, 4) is 0 Å². The van der Waals surface area contributed by atoms with Crippen LogP contribution in [-0.2, 0) is 20.0 Å². The number of hydrogen-bond donors (Lipinski definition) is 0. The third-order valence-electron chi connectivity index (χ3n) is 17.9. The number of rotatable bonds is 4. The summed E-state index contributed by atoms with van der Waals surface area (Å²) in [6.07, 6.45) is 12.4. The highest BCUT2D eigenvalue weighted by molar-refractivity contribution is 8.01. The van der Waals surface area contributed by atoms with Gasteiger partial charge in [-0.1, -0.05) is 175 Å². The molecule has 68 heavy (non-hydrogen) atoms. The second-order valence-corrected chi connectivity index (χ2v) is 30.5. The van der Waals surface area contributed by atoms with Crippen molar-refractivity contribution in [3.63, 3.8) is 0 Å². The first kappa shape index (κ1) is 44.1. The molecule has 13 rings (SSSR count). The standard InChI is InChI=1S/C60H64N2O2P2S2/c1-59(2)43-23-11-15-27-51(43)65(63,41-19-7-5-8-20-41)53-35-39(31-33-45(53)59)61-47-25-13-17-29-55(47)67-57-38-50-58(37-49(57)61)68-56-30-18-14-26-48(56)62(50)40-32-34-46-54(36-40)66(64,42-21-9-6-10-22-42)52-28-16-12-24-44(52)60(46,3)4/h5-12,15-16,19-24,27-28,31-36,47-50,55-58H,13-14,17-18,25-26,29-30,37-38H2,1-4H3. The lowest BCUT2D eigenvalue weighted by Crippen LogP contribution is -2.67. The van der Waals surface area contributed by atoms with Gasteiger partial charge in [0.2, 0.25) is 0 Å². The van der Waals surface area contributed by atoms with E-state index in [9.17, 15) is 0 Å². The molecule has 0 bridgehead atoms. The van der Waals surface area contributed by atoms with Crippen molar-refractivity contribution in [3.05, 3.63) is 168 Å². The Kier molecular flexibility index (Phi) is 10.6. The molecule has 348 valence electrons. The van der Waals surface area contributed by atoms with E-state index in [1.807, 2.05) is 12.1 Å². The predicted octanol–water partition coefficient (Wildman–Crippen LogP) is 11.9. The molecule has 10 unspecified atom stereocenters. The van der Waals surface area contributed by atoms with Gasteiger partial charge < -0.3 is 18.9 Å². The highest BCUT2D eigenvalue weighted by atomic mass is 32.2. The maximum Gasteiger partial charge on any atom is 0.171 e. The highest BCUT2D eigenvalue weighted by Gasteiger charge is 2.55. The molecule has 2 saturated heterocycles. The molecule has 5 fully saturated rings. The van der Waals surface area contributed by atoms with E-state index in [1.165, 1.54) is 85.0 Å². The van der Waals surface area contributed by atoms with Gasteiger partial charge in [-0.2, -0.15) is 23.5 Å². The summed E-state index contributed by atoms with van der Waals surface area (Å²) in [5.41, 5.74) is 6.78. The van der Waals surface area contributed by atoms with Crippen molar-refractivity contribution >= 4 is 81.0 Å². The first-order chi connectivity index (χ1) is 33.0. The summed E-state index contributed by atoms with van der Waals surface area (Å²) in [7, 11) is -6.37. The van der Waals surface area contributed by atoms with Crippen LogP contribution < -0.4 is 41.6 Å². The van der Waals surface area contributed by atoms with Gasteiger partial charge in [0, 0.05) is 99.2 Å². The van der Waals surface area contributed by atoms with Crippen LogP contribution in [0, 0.1) is 0 Å². The van der Waals surface area contributed by atoms with Gasteiger partial charge in [-0.3, -0.25) is 0 Å². The Morgan fingerprint density at radius 1 is 0.412 bits per heavy atom. The lowest BCUT2D eigenvalue weighted by atomic mass is 9.77. The molecule has 0 amide bonds. The number of thioether (sulfide) groups is 2. The SMILES string of the molecule is CC1(C)c2ccccc2P(=O)(c2ccccc2)c2cc(N3C4CCCCC4SC4CC5C(CC43)SC3CCCCC3N5c3ccc4c(c3)P(=O)(c3ccccc3)c3ccccc3C4(C)C)ccc21. The molecule has 0 radical (unpaired) electrons. The number of fused-ring (bicyclic) bond motifs is 8. The first-order valence-electron chi connectivity index (χ1n) is 25.7. The largest absolute Gasteiger partial charge is 0.363 e. The van der Waals surface area contributed by atoms with E-state index in [0.717, 1.165) is 44.7 Å². The van der Waals surface area contributed by atoms with Crippen LogP contribution in [0.2, 0.25) is 0 Å². The lowest BCUT2D eigenvalue weighted by Gasteiger charge is -2.61. The average molecular weight is 971 g/mol. The molecule has 3 saturated carbocycles. The van der Waals surface area contributed by atoms with Crippen LogP contribution in [-0.4, -0.2) is 45.2 Å². The average Bonchev–Trinajstić information content (AvgIpc) is 3.38. The zero-order valence-corrected chi connectivity index (χ0v) is 43.4. The molecule has 4 aliphatic heterocycles. The number of nitrogens with zero attached hydrogens (tertiary/aromatic N) is 2. The third-order valence-corrected chi connectivity index (χ3v) is 27.7. The molecule has 6 aromatic carbocycles. The van der Waals surface area contributed by atoms with Crippen molar-refractivity contribution in [2.75, 3.05) is 9.80 Å². The monoisotopic (exact) mass is 970 g/mol. The number of benzene rings is 6. The molecule has 10 atom stereocenters. The molecule has 0 aromatic heterocycles. The Morgan fingerprint density at radius 3 is 1.21 bits per heavy atom.